The summed E-state index contributed by atoms with van der Waals surface area (Å²) < 4.78 is 20.5. The van der Waals surface area contributed by atoms with Crippen LogP contribution in [0.1, 0.15) is 18.7 Å². The molecule has 0 aromatic carbocycles. The summed E-state index contributed by atoms with van der Waals surface area (Å²) in [6.07, 6.45) is -2.95. The Kier molecular flexibility index (Phi) is 3.33. The Labute approximate surface area is 107 Å². The van der Waals surface area contributed by atoms with Gasteiger partial charge in [0.25, 0.3) is 5.56 Å². The summed E-state index contributed by atoms with van der Waals surface area (Å²) in [5, 5.41) is 18.7. The Morgan fingerprint density at radius 3 is 2.74 bits per heavy atom. The molecule has 3 N–H and O–H groups in total. The molecule has 1 aliphatic rings. The third-order valence-corrected chi connectivity index (χ3v) is 3.30. The number of H-pyrrole nitrogens is 1. The lowest BCUT2D eigenvalue weighted by Gasteiger charge is -2.24. The number of hydrogen-bond acceptors (Lipinski definition) is 5. The van der Waals surface area contributed by atoms with Crippen LogP contribution in [0.3, 0.4) is 0 Å². The third kappa shape index (κ3) is 2.11. The largest absolute Gasteiger partial charge is 0.394 e. The van der Waals surface area contributed by atoms with Crippen LogP contribution in [0, 0.1) is 6.92 Å². The first-order valence-electron chi connectivity index (χ1n) is 5.74. The van der Waals surface area contributed by atoms with Crippen molar-refractivity contribution < 1.29 is 19.3 Å². The van der Waals surface area contributed by atoms with Gasteiger partial charge in [0.1, 0.15) is 12.2 Å². The SMILES string of the molecule is Cc1cn([C@@H]2O[C@H](CO)[C@@H](O)[C@@]2(C)F)c(=O)[nH]c1=O. The van der Waals surface area contributed by atoms with Crippen molar-refractivity contribution in [2.45, 2.75) is 38.0 Å². The molecule has 0 spiro atoms. The van der Waals surface area contributed by atoms with E-state index in [1.54, 1.807) is 0 Å². The van der Waals surface area contributed by atoms with E-state index in [9.17, 15) is 19.1 Å². The van der Waals surface area contributed by atoms with Crippen LogP contribution in [0.5, 0.6) is 0 Å². The number of hydrogen-bond donors (Lipinski definition) is 3. The zero-order valence-corrected chi connectivity index (χ0v) is 10.5. The van der Waals surface area contributed by atoms with Crippen LogP contribution in [-0.4, -0.2) is 44.2 Å². The van der Waals surface area contributed by atoms with Gasteiger partial charge in [0, 0.05) is 11.8 Å². The number of aliphatic hydroxyl groups excluding tert-OH is 2. The number of nitrogens with zero attached hydrogens (tertiary/aromatic N) is 1. The molecule has 2 heterocycles. The van der Waals surface area contributed by atoms with Crippen molar-refractivity contribution in [1.29, 1.82) is 0 Å². The first-order chi connectivity index (χ1) is 8.78. The number of ether oxygens (including phenoxy) is 1. The van der Waals surface area contributed by atoms with E-state index in [-0.39, 0.29) is 5.56 Å². The monoisotopic (exact) mass is 274 g/mol. The number of nitrogens with one attached hydrogen (secondary N) is 1. The van der Waals surface area contributed by atoms with Crippen molar-refractivity contribution >= 4 is 0 Å². The summed E-state index contributed by atoms with van der Waals surface area (Å²) in [5.41, 5.74) is -3.46. The van der Waals surface area contributed by atoms with Gasteiger partial charge >= 0.3 is 5.69 Å². The average molecular weight is 274 g/mol. The van der Waals surface area contributed by atoms with Gasteiger partial charge in [-0.2, -0.15) is 0 Å². The molecule has 0 radical (unpaired) electrons. The molecule has 19 heavy (non-hydrogen) atoms. The minimum absolute atomic E-state index is 0.209. The second kappa shape index (κ2) is 4.55. The molecule has 106 valence electrons. The Balaban J connectivity index is 2.51. The van der Waals surface area contributed by atoms with E-state index in [0.717, 1.165) is 17.7 Å². The second-order valence-corrected chi connectivity index (χ2v) is 4.78. The van der Waals surface area contributed by atoms with Crippen molar-refractivity contribution in [3.63, 3.8) is 0 Å². The Morgan fingerprint density at radius 2 is 2.21 bits per heavy atom. The maximum absolute atomic E-state index is 14.5. The minimum Gasteiger partial charge on any atom is -0.394 e. The fourth-order valence-corrected chi connectivity index (χ4v) is 2.12. The van der Waals surface area contributed by atoms with E-state index >= 15 is 0 Å². The van der Waals surface area contributed by atoms with Gasteiger partial charge in [-0.05, 0) is 13.8 Å². The molecule has 1 fully saturated rings. The normalized spacial score (nSPS) is 34.7. The van der Waals surface area contributed by atoms with Gasteiger partial charge in [-0.15, -0.1) is 0 Å². The predicted octanol–water partition coefficient (Wildman–Crippen LogP) is -1.18. The van der Waals surface area contributed by atoms with Crippen LogP contribution in [0.2, 0.25) is 0 Å². The molecule has 1 aromatic rings. The first-order valence-corrected chi connectivity index (χ1v) is 5.74. The van der Waals surface area contributed by atoms with Crippen molar-refractivity contribution in [3.05, 3.63) is 32.6 Å². The smallest absolute Gasteiger partial charge is 0.330 e. The van der Waals surface area contributed by atoms with Crippen LogP contribution in [0.4, 0.5) is 4.39 Å². The molecule has 8 heteroatoms. The summed E-state index contributed by atoms with van der Waals surface area (Å²) in [6, 6.07) is 0. The summed E-state index contributed by atoms with van der Waals surface area (Å²) in [6.45, 7) is 1.96. The number of aliphatic hydroxyl groups is 2. The summed E-state index contributed by atoms with van der Waals surface area (Å²) in [4.78, 5) is 25.0. The number of aryl methyl sites for hydroxylation is 1. The molecular formula is C11H15FN2O5. The van der Waals surface area contributed by atoms with Gasteiger partial charge in [0.2, 0.25) is 0 Å². The zero-order chi connectivity index (χ0) is 14.4. The highest BCUT2D eigenvalue weighted by Gasteiger charge is 2.55. The maximum Gasteiger partial charge on any atom is 0.330 e. The highest BCUT2D eigenvalue weighted by molar-refractivity contribution is 5.06. The van der Waals surface area contributed by atoms with Crippen LogP contribution < -0.4 is 11.2 Å². The lowest BCUT2D eigenvalue weighted by molar-refractivity contribution is -0.0612. The number of halogens is 1. The van der Waals surface area contributed by atoms with Gasteiger partial charge in [-0.25, -0.2) is 9.18 Å². The van der Waals surface area contributed by atoms with Crippen LogP contribution in [0.25, 0.3) is 0 Å². The van der Waals surface area contributed by atoms with Crippen molar-refractivity contribution in [1.82, 2.24) is 9.55 Å². The molecule has 0 unspecified atom stereocenters. The topological polar surface area (TPSA) is 105 Å². The standard InChI is InChI=1S/C11H15FN2O5/c1-5-3-14(10(18)13-8(5)17)9-11(2,12)7(16)6(4-15)19-9/h3,6-7,9,15-16H,4H2,1-2H3,(H,13,17,18)/t6-,7-,9-,11-/m1/s1. The molecule has 2 rings (SSSR count). The van der Waals surface area contributed by atoms with E-state index in [0.29, 0.717) is 0 Å². The van der Waals surface area contributed by atoms with Gasteiger partial charge in [-0.3, -0.25) is 14.3 Å². The lowest BCUT2D eigenvalue weighted by atomic mass is 9.98. The molecule has 1 aromatic heterocycles. The molecule has 0 amide bonds. The van der Waals surface area contributed by atoms with Crippen LogP contribution in [-0.2, 0) is 4.74 Å². The van der Waals surface area contributed by atoms with Gasteiger partial charge < -0.3 is 14.9 Å². The van der Waals surface area contributed by atoms with E-state index < -0.39 is 42.0 Å². The zero-order valence-electron chi connectivity index (χ0n) is 10.5. The minimum atomic E-state index is -2.26. The molecular weight excluding hydrogens is 259 g/mol. The fraction of sp³-hybridized carbons (Fsp3) is 0.636. The highest BCUT2D eigenvalue weighted by Crippen LogP contribution is 2.40. The summed E-state index contributed by atoms with van der Waals surface area (Å²) >= 11 is 0. The molecule has 1 saturated heterocycles. The maximum atomic E-state index is 14.5. The Bertz CT molecular complexity index is 593. The van der Waals surface area contributed by atoms with E-state index in [4.69, 9.17) is 9.84 Å². The van der Waals surface area contributed by atoms with Crippen LogP contribution >= 0.6 is 0 Å². The van der Waals surface area contributed by atoms with Crippen LogP contribution in [0.15, 0.2) is 15.8 Å². The average Bonchev–Trinajstić information content (AvgIpc) is 2.56. The number of aromatic amines is 1. The number of rotatable bonds is 2. The van der Waals surface area contributed by atoms with Gasteiger partial charge in [0.15, 0.2) is 11.9 Å². The van der Waals surface area contributed by atoms with E-state index in [1.807, 2.05) is 4.98 Å². The molecule has 4 atom stereocenters. The molecule has 0 saturated carbocycles. The van der Waals surface area contributed by atoms with Crippen molar-refractivity contribution in [3.8, 4) is 0 Å². The number of aromatic nitrogens is 2. The van der Waals surface area contributed by atoms with Gasteiger partial charge in [-0.1, -0.05) is 0 Å². The second-order valence-electron chi connectivity index (χ2n) is 4.78. The molecule has 7 nitrogen and oxygen atoms in total. The molecule has 0 aliphatic carbocycles. The lowest BCUT2D eigenvalue weighted by Crippen LogP contribution is -2.44. The quantitative estimate of drug-likeness (QED) is 0.630. The van der Waals surface area contributed by atoms with E-state index in [2.05, 4.69) is 0 Å². The van der Waals surface area contributed by atoms with Gasteiger partial charge in [0.05, 0.1) is 6.61 Å². The molecule has 1 aliphatic heterocycles. The Hall–Kier alpha value is -1.51. The number of alkyl halides is 1. The fourth-order valence-electron chi connectivity index (χ4n) is 2.12. The summed E-state index contributed by atoms with van der Waals surface area (Å²) in [5.74, 6) is 0. The Morgan fingerprint density at radius 1 is 1.58 bits per heavy atom. The first kappa shape index (κ1) is 13.9. The van der Waals surface area contributed by atoms with Crippen molar-refractivity contribution in [2.75, 3.05) is 6.61 Å². The third-order valence-electron chi connectivity index (χ3n) is 3.30. The van der Waals surface area contributed by atoms with Crippen molar-refractivity contribution in [2.24, 2.45) is 0 Å². The highest BCUT2D eigenvalue weighted by atomic mass is 19.1. The summed E-state index contributed by atoms with van der Waals surface area (Å²) in [7, 11) is 0. The molecule has 0 bridgehead atoms. The predicted molar refractivity (Wildman–Crippen MR) is 62.6 cm³/mol. The van der Waals surface area contributed by atoms with E-state index in [1.165, 1.54) is 6.92 Å².